The molecule has 3 rings (SSSR count). The Balaban J connectivity index is 1.67. The molecule has 1 fully saturated rings. The first kappa shape index (κ1) is 16.5. The number of benzene rings is 2. The zero-order valence-corrected chi connectivity index (χ0v) is 13.9. The van der Waals surface area contributed by atoms with Crippen molar-refractivity contribution in [2.45, 2.75) is 31.5 Å². The van der Waals surface area contributed by atoms with E-state index in [2.05, 4.69) is 0 Å². The summed E-state index contributed by atoms with van der Waals surface area (Å²) in [5, 5.41) is 10.6. The molecule has 0 saturated carbocycles. The number of ether oxygens (including phenoxy) is 1. The fraction of sp³-hybridized carbons (Fsp3) is 0.350. The number of hydrogen-bond acceptors (Lipinski definition) is 3. The standard InChI is InChI=1S/C20H23NO3/c1-20(23)12-13-21(19(22)14-16-8-4-2-5-9-16)15-18(20)24-17-10-6-3-7-11-17/h2-11,18,23H,12-15H2,1H3/t18-,20-/m0/s1. The van der Waals surface area contributed by atoms with E-state index in [0.29, 0.717) is 31.7 Å². The average Bonchev–Trinajstić information content (AvgIpc) is 2.58. The van der Waals surface area contributed by atoms with E-state index in [1.54, 1.807) is 11.8 Å². The number of piperidine rings is 1. The Hall–Kier alpha value is -2.33. The SMILES string of the molecule is C[C@]1(O)CCN(C(=O)Cc2ccccc2)C[C@@H]1Oc1ccccc1. The molecule has 0 radical (unpaired) electrons. The van der Waals surface area contributed by atoms with Crippen LogP contribution in [0.1, 0.15) is 18.9 Å². The summed E-state index contributed by atoms with van der Waals surface area (Å²) in [6, 6.07) is 19.1. The normalized spacial score (nSPS) is 23.8. The molecule has 2 aromatic rings. The third-order valence-electron chi connectivity index (χ3n) is 4.54. The molecule has 1 amide bonds. The Bertz CT molecular complexity index is 670. The van der Waals surface area contributed by atoms with Gasteiger partial charge in [-0.1, -0.05) is 48.5 Å². The monoisotopic (exact) mass is 325 g/mol. The topological polar surface area (TPSA) is 49.8 Å². The fourth-order valence-electron chi connectivity index (χ4n) is 2.95. The maximum Gasteiger partial charge on any atom is 0.227 e. The van der Waals surface area contributed by atoms with Crippen molar-refractivity contribution in [1.82, 2.24) is 4.90 Å². The lowest BCUT2D eigenvalue weighted by molar-refractivity contribution is -0.142. The minimum absolute atomic E-state index is 0.0679. The second-order valence-corrected chi connectivity index (χ2v) is 6.53. The Morgan fingerprint density at radius 1 is 1.17 bits per heavy atom. The van der Waals surface area contributed by atoms with Crippen molar-refractivity contribution < 1.29 is 14.6 Å². The van der Waals surface area contributed by atoms with Crippen LogP contribution in [0.3, 0.4) is 0 Å². The van der Waals surface area contributed by atoms with Gasteiger partial charge < -0.3 is 14.7 Å². The van der Waals surface area contributed by atoms with Crippen molar-refractivity contribution in [2.75, 3.05) is 13.1 Å². The molecule has 0 spiro atoms. The number of carbonyl (C=O) groups excluding carboxylic acids is 1. The Morgan fingerprint density at radius 2 is 1.79 bits per heavy atom. The summed E-state index contributed by atoms with van der Waals surface area (Å²) in [4.78, 5) is 14.4. The van der Waals surface area contributed by atoms with E-state index in [-0.39, 0.29) is 5.91 Å². The maximum atomic E-state index is 12.6. The summed E-state index contributed by atoms with van der Waals surface area (Å²) < 4.78 is 5.96. The van der Waals surface area contributed by atoms with Crippen LogP contribution < -0.4 is 4.74 Å². The molecule has 0 aromatic heterocycles. The van der Waals surface area contributed by atoms with Gasteiger partial charge in [0.15, 0.2) is 0 Å². The first-order valence-corrected chi connectivity index (χ1v) is 8.30. The molecule has 126 valence electrons. The highest BCUT2D eigenvalue weighted by Crippen LogP contribution is 2.27. The predicted molar refractivity (Wildman–Crippen MR) is 92.8 cm³/mol. The van der Waals surface area contributed by atoms with Crippen molar-refractivity contribution >= 4 is 5.91 Å². The van der Waals surface area contributed by atoms with E-state index in [4.69, 9.17) is 4.74 Å². The van der Waals surface area contributed by atoms with Crippen LogP contribution in [0, 0.1) is 0 Å². The van der Waals surface area contributed by atoms with Crippen LogP contribution in [-0.2, 0) is 11.2 Å². The molecule has 1 heterocycles. The molecule has 0 aliphatic carbocycles. The summed E-state index contributed by atoms with van der Waals surface area (Å²) in [6.07, 6.45) is 0.444. The summed E-state index contributed by atoms with van der Waals surface area (Å²) in [6.45, 7) is 2.72. The van der Waals surface area contributed by atoms with Crippen molar-refractivity contribution in [3.8, 4) is 5.75 Å². The van der Waals surface area contributed by atoms with Gasteiger partial charge >= 0.3 is 0 Å². The molecule has 0 unspecified atom stereocenters. The van der Waals surface area contributed by atoms with E-state index >= 15 is 0 Å². The van der Waals surface area contributed by atoms with Crippen LogP contribution in [0.15, 0.2) is 60.7 Å². The third kappa shape index (κ3) is 3.95. The van der Waals surface area contributed by atoms with Gasteiger partial charge in [0.2, 0.25) is 5.91 Å². The summed E-state index contributed by atoms with van der Waals surface area (Å²) in [5.41, 5.74) is 0.0553. The van der Waals surface area contributed by atoms with Crippen molar-refractivity contribution in [3.05, 3.63) is 66.2 Å². The molecule has 1 saturated heterocycles. The second kappa shape index (κ2) is 7.05. The number of rotatable bonds is 4. The maximum absolute atomic E-state index is 12.6. The van der Waals surface area contributed by atoms with Crippen LogP contribution in [-0.4, -0.2) is 40.7 Å². The minimum Gasteiger partial charge on any atom is -0.486 e. The van der Waals surface area contributed by atoms with E-state index in [1.165, 1.54) is 0 Å². The molecular weight excluding hydrogens is 302 g/mol. The van der Waals surface area contributed by atoms with Crippen molar-refractivity contribution in [3.63, 3.8) is 0 Å². The van der Waals surface area contributed by atoms with Crippen LogP contribution in [0.25, 0.3) is 0 Å². The van der Waals surface area contributed by atoms with E-state index < -0.39 is 11.7 Å². The van der Waals surface area contributed by atoms with Gasteiger partial charge in [0.25, 0.3) is 0 Å². The first-order valence-electron chi connectivity index (χ1n) is 8.30. The largest absolute Gasteiger partial charge is 0.486 e. The first-order chi connectivity index (χ1) is 11.5. The highest BCUT2D eigenvalue weighted by Gasteiger charge is 2.40. The molecule has 1 aliphatic rings. The van der Waals surface area contributed by atoms with Gasteiger partial charge in [0, 0.05) is 6.54 Å². The van der Waals surface area contributed by atoms with Crippen LogP contribution in [0.5, 0.6) is 5.75 Å². The number of hydrogen-bond donors (Lipinski definition) is 1. The molecular formula is C20H23NO3. The molecule has 24 heavy (non-hydrogen) atoms. The fourth-order valence-corrected chi connectivity index (χ4v) is 2.95. The Morgan fingerprint density at radius 3 is 2.46 bits per heavy atom. The summed E-state index contributed by atoms with van der Waals surface area (Å²) in [5.74, 6) is 0.776. The summed E-state index contributed by atoms with van der Waals surface area (Å²) >= 11 is 0. The van der Waals surface area contributed by atoms with Crippen LogP contribution >= 0.6 is 0 Å². The zero-order chi connectivity index (χ0) is 17.0. The quantitative estimate of drug-likeness (QED) is 0.940. The molecule has 1 aliphatic heterocycles. The Labute approximate surface area is 142 Å². The van der Waals surface area contributed by atoms with Gasteiger partial charge in [-0.2, -0.15) is 0 Å². The molecule has 1 N–H and O–H groups in total. The number of amides is 1. The second-order valence-electron chi connectivity index (χ2n) is 6.53. The van der Waals surface area contributed by atoms with Gasteiger partial charge in [0.1, 0.15) is 17.5 Å². The molecule has 4 heteroatoms. The minimum atomic E-state index is -0.945. The van der Waals surface area contributed by atoms with Gasteiger partial charge in [-0.3, -0.25) is 4.79 Å². The molecule has 2 aromatic carbocycles. The van der Waals surface area contributed by atoms with E-state index in [1.807, 2.05) is 60.7 Å². The average molecular weight is 325 g/mol. The smallest absolute Gasteiger partial charge is 0.227 e. The number of para-hydroxylation sites is 1. The third-order valence-corrected chi connectivity index (χ3v) is 4.54. The molecule has 2 atom stereocenters. The van der Waals surface area contributed by atoms with Gasteiger partial charge in [-0.25, -0.2) is 0 Å². The number of nitrogens with zero attached hydrogens (tertiary/aromatic N) is 1. The lowest BCUT2D eigenvalue weighted by Gasteiger charge is -2.42. The van der Waals surface area contributed by atoms with E-state index in [0.717, 1.165) is 5.56 Å². The van der Waals surface area contributed by atoms with Crippen molar-refractivity contribution in [2.24, 2.45) is 0 Å². The predicted octanol–water partition coefficient (Wildman–Crippen LogP) is 2.66. The lowest BCUT2D eigenvalue weighted by atomic mass is 9.90. The Kier molecular flexibility index (Phi) is 4.86. The van der Waals surface area contributed by atoms with Crippen LogP contribution in [0.4, 0.5) is 0 Å². The number of likely N-dealkylation sites (tertiary alicyclic amines) is 1. The highest BCUT2D eigenvalue weighted by molar-refractivity contribution is 5.79. The van der Waals surface area contributed by atoms with Gasteiger partial charge in [-0.05, 0) is 31.0 Å². The number of aliphatic hydroxyl groups is 1. The lowest BCUT2D eigenvalue weighted by Crippen LogP contribution is -2.57. The summed E-state index contributed by atoms with van der Waals surface area (Å²) in [7, 11) is 0. The van der Waals surface area contributed by atoms with Gasteiger partial charge in [-0.15, -0.1) is 0 Å². The van der Waals surface area contributed by atoms with Crippen LogP contribution in [0.2, 0.25) is 0 Å². The highest BCUT2D eigenvalue weighted by atomic mass is 16.5. The van der Waals surface area contributed by atoms with E-state index in [9.17, 15) is 9.90 Å². The van der Waals surface area contributed by atoms with Crippen molar-refractivity contribution in [1.29, 1.82) is 0 Å². The number of carbonyl (C=O) groups is 1. The zero-order valence-electron chi connectivity index (χ0n) is 13.9. The molecule has 0 bridgehead atoms. The van der Waals surface area contributed by atoms with Gasteiger partial charge in [0.05, 0.1) is 13.0 Å². The molecule has 4 nitrogen and oxygen atoms in total.